The molecule has 1 aromatic carbocycles. The minimum atomic E-state index is -0.224. The van der Waals surface area contributed by atoms with Crippen LogP contribution in [0.2, 0.25) is 0 Å². The van der Waals surface area contributed by atoms with Crippen molar-refractivity contribution in [2.75, 3.05) is 19.0 Å². The second-order valence-electron chi connectivity index (χ2n) is 5.73. The number of anilines is 2. The molecule has 26 heavy (non-hydrogen) atoms. The Bertz CT molecular complexity index is 875. The largest absolute Gasteiger partial charge is 0.497 e. The summed E-state index contributed by atoms with van der Waals surface area (Å²) in [6.45, 7) is 2.33. The fourth-order valence-electron chi connectivity index (χ4n) is 2.41. The molecule has 0 unspecified atom stereocenters. The average molecular weight is 352 g/mol. The fraction of sp³-hybridized carbons (Fsp3) is 0.211. The summed E-state index contributed by atoms with van der Waals surface area (Å²) in [5.74, 6) is 1.88. The number of rotatable bonds is 7. The van der Waals surface area contributed by atoms with E-state index in [2.05, 4.69) is 20.8 Å². The number of hydrogen-bond acceptors (Lipinski definition) is 6. The lowest BCUT2D eigenvalue weighted by atomic mass is 10.1. The van der Waals surface area contributed by atoms with E-state index in [1.165, 1.54) is 0 Å². The maximum Gasteiger partial charge on any atom is 0.269 e. The van der Waals surface area contributed by atoms with Gasteiger partial charge in [0.15, 0.2) is 5.82 Å². The average Bonchev–Trinajstić information content (AvgIpc) is 3.07. The van der Waals surface area contributed by atoms with Crippen LogP contribution in [0.3, 0.4) is 0 Å². The molecule has 2 N–H and O–H groups in total. The van der Waals surface area contributed by atoms with E-state index in [4.69, 9.17) is 9.26 Å². The summed E-state index contributed by atoms with van der Waals surface area (Å²) in [5, 5.41) is 9.82. The second-order valence-corrected chi connectivity index (χ2v) is 5.73. The summed E-state index contributed by atoms with van der Waals surface area (Å²) < 4.78 is 10.1. The monoisotopic (exact) mass is 352 g/mol. The molecule has 134 valence electrons. The molecule has 0 fully saturated rings. The summed E-state index contributed by atoms with van der Waals surface area (Å²) in [4.78, 5) is 16.4. The van der Waals surface area contributed by atoms with Crippen molar-refractivity contribution in [2.24, 2.45) is 0 Å². The quantitative estimate of drug-likeness (QED) is 0.679. The number of aryl methyl sites for hydroxylation is 1. The van der Waals surface area contributed by atoms with Crippen molar-refractivity contribution in [3.8, 4) is 5.75 Å². The van der Waals surface area contributed by atoms with E-state index >= 15 is 0 Å². The van der Waals surface area contributed by atoms with Gasteiger partial charge in [-0.05, 0) is 43.2 Å². The third-order valence-electron chi connectivity index (χ3n) is 3.75. The van der Waals surface area contributed by atoms with Crippen LogP contribution in [0.5, 0.6) is 5.75 Å². The number of pyridine rings is 1. The van der Waals surface area contributed by atoms with E-state index in [-0.39, 0.29) is 5.91 Å². The Morgan fingerprint density at radius 1 is 1.19 bits per heavy atom. The minimum Gasteiger partial charge on any atom is -0.497 e. The van der Waals surface area contributed by atoms with Crippen LogP contribution in [-0.2, 0) is 6.42 Å². The highest BCUT2D eigenvalue weighted by Gasteiger charge is 2.09. The van der Waals surface area contributed by atoms with Crippen LogP contribution in [0.25, 0.3) is 0 Å². The van der Waals surface area contributed by atoms with Crippen LogP contribution < -0.4 is 15.4 Å². The van der Waals surface area contributed by atoms with Gasteiger partial charge in [0.1, 0.15) is 17.2 Å². The molecule has 1 amide bonds. The lowest BCUT2D eigenvalue weighted by molar-refractivity contribution is 0.0949. The lowest BCUT2D eigenvalue weighted by Crippen LogP contribution is -2.26. The SMILES string of the molecule is COc1ccc(CCNC(=O)c2cc(Nc3cc(C)on3)ccn2)cc1. The maximum atomic E-state index is 12.3. The molecule has 3 aromatic rings. The van der Waals surface area contributed by atoms with Gasteiger partial charge in [-0.1, -0.05) is 17.3 Å². The van der Waals surface area contributed by atoms with Gasteiger partial charge in [0.2, 0.25) is 0 Å². The van der Waals surface area contributed by atoms with Crippen molar-refractivity contribution >= 4 is 17.4 Å². The van der Waals surface area contributed by atoms with Crippen LogP contribution in [0, 0.1) is 6.92 Å². The van der Waals surface area contributed by atoms with Gasteiger partial charge in [-0.2, -0.15) is 0 Å². The van der Waals surface area contributed by atoms with Crippen molar-refractivity contribution < 1.29 is 14.1 Å². The van der Waals surface area contributed by atoms with Crippen molar-refractivity contribution in [1.82, 2.24) is 15.5 Å². The molecule has 0 atom stereocenters. The van der Waals surface area contributed by atoms with Gasteiger partial charge in [0, 0.05) is 24.5 Å². The van der Waals surface area contributed by atoms with Crippen LogP contribution in [0.1, 0.15) is 21.8 Å². The van der Waals surface area contributed by atoms with Crippen LogP contribution in [-0.4, -0.2) is 29.7 Å². The van der Waals surface area contributed by atoms with E-state index in [1.54, 1.807) is 31.5 Å². The molecule has 0 aliphatic rings. The zero-order valence-corrected chi connectivity index (χ0v) is 14.7. The van der Waals surface area contributed by atoms with Gasteiger partial charge in [-0.15, -0.1) is 0 Å². The normalized spacial score (nSPS) is 10.4. The molecule has 2 heterocycles. The first-order valence-electron chi connectivity index (χ1n) is 8.21. The van der Waals surface area contributed by atoms with Gasteiger partial charge >= 0.3 is 0 Å². The van der Waals surface area contributed by atoms with Gasteiger partial charge < -0.3 is 19.9 Å². The topological polar surface area (TPSA) is 89.3 Å². The van der Waals surface area contributed by atoms with Crippen molar-refractivity contribution in [3.05, 3.63) is 65.7 Å². The minimum absolute atomic E-state index is 0.224. The summed E-state index contributed by atoms with van der Waals surface area (Å²) in [5.41, 5.74) is 2.18. The molecule has 0 aliphatic heterocycles. The molecule has 0 bridgehead atoms. The van der Waals surface area contributed by atoms with Crippen molar-refractivity contribution in [1.29, 1.82) is 0 Å². The molecule has 0 aliphatic carbocycles. The van der Waals surface area contributed by atoms with Crippen LogP contribution in [0.15, 0.2) is 53.2 Å². The Morgan fingerprint density at radius 3 is 2.69 bits per heavy atom. The Kier molecular flexibility index (Phi) is 5.48. The first kappa shape index (κ1) is 17.5. The number of hydrogen-bond donors (Lipinski definition) is 2. The summed E-state index contributed by atoms with van der Waals surface area (Å²) in [7, 11) is 1.63. The predicted molar refractivity (Wildman–Crippen MR) is 97.8 cm³/mol. The second kappa shape index (κ2) is 8.15. The van der Waals surface area contributed by atoms with E-state index in [0.717, 1.165) is 17.7 Å². The number of carbonyl (C=O) groups is 1. The molecule has 3 rings (SSSR count). The summed E-state index contributed by atoms with van der Waals surface area (Å²) in [6, 6.07) is 13.0. The molecular weight excluding hydrogens is 332 g/mol. The first-order valence-corrected chi connectivity index (χ1v) is 8.21. The Morgan fingerprint density at radius 2 is 2.00 bits per heavy atom. The third kappa shape index (κ3) is 4.60. The smallest absolute Gasteiger partial charge is 0.269 e. The fourth-order valence-corrected chi connectivity index (χ4v) is 2.41. The van der Waals surface area contributed by atoms with E-state index < -0.39 is 0 Å². The van der Waals surface area contributed by atoms with Gasteiger partial charge in [-0.25, -0.2) is 0 Å². The highest BCUT2D eigenvalue weighted by Crippen LogP contribution is 2.16. The maximum absolute atomic E-state index is 12.3. The molecule has 7 nitrogen and oxygen atoms in total. The zero-order chi connectivity index (χ0) is 18.4. The standard InChI is InChI=1S/C19H20N4O3/c1-13-11-18(23-26-13)22-15-8-10-20-17(12-15)19(24)21-9-7-14-3-5-16(25-2)6-4-14/h3-6,8,10-12H,7,9H2,1-2H3,(H,21,24)(H,20,22,23). The number of aromatic nitrogens is 2. The molecule has 0 saturated heterocycles. The number of benzene rings is 1. The molecule has 0 spiro atoms. The van der Waals surface area contributed by atoms with E-state index in [0.29, 0.717) is 29.5 Å². The van der Waals surface area contributed by atoms with Crippen LogP contribution >= 0.6 is 0 Å². The highest BCUT2D eigenvalue weighted by molar-refractivity contribution is 5.93. The van der Waals surface area contributed by atoms with E-state index in [9.17, 15) is 4.79 Å². The van der Waals surface area contributed by atoms with Gasteiger partial charge in [0.25, 0.3) is 5.91 Å². The number of nitrogens with one attached hydrogen (secondary N) is 2. The number of nitrogens with zero attached hydrogens (tertiary/aromatic N) is 2. The number of carbonyl (C=O) groups excluding carboxylic acids is 1. The van der Waals surface area contributed by atoms with Gasteiger partial charge in [-0.3, -0.25) is 9.78 Å². The first-order chi connectivity index (χ1) is 12.6. The zero-order valence-electron chi connectivity index (χ0n) is 14.7. The van der Waals surface area contributed by atoms with E-state index in [1.807, 2.05) is 31.2 Å². The Balaban J connectivity index is 1.54. The molecule has 7 heteroatoms. The highest BCUT2D eigenvalue weighted by atomic mass is 16.5. The molecule has 0 saturated carbocycles. The number of amides is 1. The summed E-state index contributed by atoms with van der Waals surface area (Å²) >= 11 is 0. The Labute approximate surface area is 151 Å². The Hall–Kier alpha value is -3.35. The van der Waals surface area contributed by atoms with Crippen molar-refractivity contribution in [2.45, 2.75) is 13.3 Å². The summed E-state index contributed by atoms with van der Waals surface area (Å²) in [6.07, 6.45) is 2.31. The third-order valence-corrected chi connectivity index (χ3v) is 3.75. The predicted octanol–water partition coefficient (Wildman–Crippen LogP) is 3.10. The van der Waals surface area contributed by atoms with Crippen LogP contribution in [0.4, 0.5) is 11.5 Å². The molecule has 2 aromatic heterocycles. The number of methoxy groups -OCH3 is 1. The van der Waals surface area contributed by atoms with Gasteiger partial charge in [0.05, 0.1) is 7.11 Å². The van der Waals surface area contributed by atoms with Crippen molar-refractivity contribution in [3.63, 3.8) is 0 Å². The number of ether oxygens (including phenoxy) is 1. The molecule has 0 radical (unpaired) electrons. The molecular formula is C19H20N4O3. The lowest BCUT2D eigenvalue weighted by Gasteiger charge is -2.07.